The number of benzene rings is 1. The molecule has 1 amide bonds. The molecule has 150 valence electrons. The van der Waals surface area contributed by atoms with Crippen LogP contribution < -0.4 is 4.90 Å². The summed E-state index contributed by atoms with van der Waals surface area (Å²) in [6, 6.07) is 16.1. The number of furan rings is 1. The van der Waals surface area contributed by atoms with Gasteiger partial charge in [0.15, 0.2) is 5.76 Å². The lowest BCUT2D eigenvalue weighted by molar-refractivity contribution is 0.0713. The molecular weight excluding hydrogens is 410 g/mol. The number of hydrogen-bond acceptors (Lipinski definition) is 5. The largest absolute Gasteiger partial charge is 0.455 e. The van der Waals surface area contributed by atoms with E-state index in [-0.39, 0.29) is 17.4 Å². The third-order valence-corrected chi connectivity index (χ3v) is 6.36. The van der Waals surface area contributed by atoms with Gasteiger partial charge in [0.1, 0.15) is 11.6 Å². The summed E-state index contributed by atoms with van der Waals surface area (Å²) in [4.78, 5) is 21.7. The average molecular weight is 430 g/mol. The highest BCUT2D eigenvalue weighted by molar-refractivity contribution is 7.84. The van der Waals surface area contributed by atoms with Crippen LogP contribution in [0, 0.1) is 0 Å². The first-order valence-electron chi connectivity index (χ1n) is 9.28. The summed E-state index contributed by atoms with van der Waals surface area (Å²) in [5, 5.41) is 0.597. The van der Waals surface area contributed by atoms with Crippen molar-refractivity contribution in [1.82, 2.24) is 9.88 Å². The minimum Gasteiger partial charge on any atom is -0.455 e. The van der Waals surface area contributed by atoms with Crippen molar-refractivity contribution in [2.75, 3.05) is 31.1 Å². The van der Waals surface area contributed by atoms with Gasteiger partial charge in [-0.25, -0.2) is 4.98 Å². The molecule has 3 heterocycles. The molecule has 4 rings (SSSR count). The van der Waals surface area contributed by atoms with E-state index in [0.29, 0.717) is 28.8 Å². The second kappa shape index (κ2) is 8.80. The van der Waals surface area contributed by atoms with Crippen LogP contribution in [0.3, 0.4) is 0 Å². The normalized spacial score (nSPS) is 15.3. The summed E-state index contributed by atoms with van der Waals surface area (Å²) in [5.41, 5.74) is 0. The first kappa shape index (κ1) is 19.7. The number of piperazine rings is 1. The zero-order valence-electron chi connectivity index (χ0n) is 15.7. The van der Waals surface area contributed by atoms with Crippen LogP contribution in [0.5, 0.6) is 0 Å². The van der Waals surface area contributed by atoms with Crippen molar-refractivity contribution in [1.29, 1.82) is 0 Å². The Morgan fingerprint density at radius 3 is 2.48 bits per heavy atom. The summed E-state index contributed by atoms with van der Waals surface area (Å²) >= 11 is 5.87. The Kier molecular flexibility index (Phi) is 5.97. The predicted molar refractivity (Wildman–Crippen MR) is 113 cm³/mol. The number of rotatable bonds is 5. The second-order valence-electron chi connectivity index (χ2n) is 6.68. The molecule has 6 nitrogen and oxygen atoms in total. The van der Waals surface area contributed by atoms with Gasteiger partial charge in [0.05, 0.1) is 16.6 Å². The molecule has 0 radical (unpaired) electrons. The van der Waals surface area contributed by atoms with Crippen LogP contribution in [-0.4, -0.2) is 46.2 Å². The number of amides is 1. The van der Waals surface area contributed by atoms with Gasteiger partial charge in [-0.1, -0.05) is 17.7 Å². The molecule has 29 heavy (non-hydrogen) atoms. The van der Waals surface area contributed by atoms with Gasteiger partial charge in [-0.15, -0.1) is 0 Å². The average Bonchev–Trinajstić information content (AvgIpc) is 3.23. The highest BCUT2D eigenvalue weighted by atomic mass is 35.5. The standard InChI is InChI=1S/C21H20ClN3O3S/c22-16-4-7-18(8-5-16)29(27)15-17-6-9-19(28-17)21(26)25-13-11-24(12-14-25)20-3-1-2-10-23-20/h1-10H,11-15H2. The monoisotopic (exact) mass is 429 g/mol. The van der Waals surface area contributed by atoms with E-state index in [2.05, 4.69) is 9.88 Å². The summed E-state index contributed by atoms with van der Waals surface area (Å²) in [7, 11) is -1.26. The van der Waals surface area contributed by atoms with Crippen molar-refractivity contribution >= 4 is 34.1 Å². The second-order valence-corrected chi connectivity index (χ2v) is 8.56. The minimum atomic E-state index is -1.26. The molecule has 1 unspecified atom stereocenters. The van der Waals surface area contributed by atoms with Gasteiger partial charge in [0, 0.05) is 42.3 Å². The van der Waals surface area contributed by atoms with Crippen molar-refractivity contribution in [3.05, 3.63) is 77.3 Å². The van der Waals surface area contributed by atoms with Crippen LogP contribution in [0.15, 0.2) is 70.1 Å². The molecule has 2 aromatic heterocycles. The third kappa shape index (κ3) is 4.68. The van der Waals surface area contributed by atoms with E-state index in [9.17, 15) is 9.00 Å². The molecule has 0 N–H and O–H groups in total. The lowest BCUT2D eigenvalue weighted by Crippen LogP contribution is -2.49. The topological polar surface area (TPSA) is 66.7 Å². The Labute approximate surface area is 176 Å². The van der Waals surface area contributed by atoms with E-state index in [1.165, 1.54) is 0 Å². The lowest BCUT2D eigenvalue weighted by atomic mass is 10.2. The molecule has 1 saturated heterocycles. The van der Waals surface area contributed by atoms with Crippen LogP contribution in [-0.2, 0) is 16.6 Å². The number of carbonyl (C=O) groups is 1. The molecule has 1 fully saturated rings. The van der Waals surface area contributed by atoms with Crippen molar-refractivity contribution in [2.45, 2.75) is 10.6 Å². The molecule has 1 aliphatic rings. The number of aromatic nitrogens is 1. The van der Waals surface area contributed by atoms with Crippen LogP contribution in [0.1, 0.15) is 16.3 Å². The van der Waals surface area contributed by atoms with Gasteiger partial charge in [0.25, 0.3) is 5.91 Å². The fourth-order valence-corrected chi connectivity index (χ4v) is 4.35. The van der Waals surface area contributed by atoms with Crippen molar-refractivity contribution < 1.29 is 13.4 Å². The Hall–Kier alpha value is -2.64. The smallest absolute Gasteiger partial charge is 0.289 e. The summed E-state index contributed by atoms with van der Waals surface area (Å²) in [5.74, 6) is 1.79. The van der Waals surface area contributed by atoms with E-state index >= 15 is 0 Å². The maximum atomic E-state index is 12.8. The van der Waals surface area contributed by atoms with Crippen LogP contribution in [0.25, 0.3) is 0 Å². The minimum absolute atomic E-state index is 0.144. The Morgan fingerprint density at radius 1 is 1.03 bits per heavy atom. The molecule has 0 aliphatic carbocycles. The number of anilines is 1. The number of hydrogen-bond donors (Lipinski definition) is 0. The summed E-state index contributed by atoms with van der Waals surface area (Å²) in [6.07, 6.45) is 1.77. The quantitative estimate of drug-likeness (QED) is 0.620. The first-order valence-corrected chi connectivity index (χ1v) is 11.0. The molecule has 1 aliphatic heterocycles. The van der Waals surface area contributed by atoms with Crippen molar-refractivity contribution in [3.63, 3.8) is 0 Å². The van der Waals surface area contributed by atoms with Gasteiger partial charge in [-0.3, -0.25) is 9.00 Å². The van der Waals surface area contributed by atoms with Crippen molar-refractivity contribution in [2.24, 2.45) is 0 Å². The summed E-state index contributed by atoms with van der Waals surface area (Å²) in [6.45, 7) is 2.64. The Balaban J connectivity index is 1.35. The zero-order valence-corrected chi connectivity index (χ0v) is 17.2. The molecule has 1 aromatic carbocycles. The van der Waals surface area contributed by atoms with Gasteiger partial charge in [-0.2, -0.15) is 0 Å². The SMILES string of the molecule is O=C(c1ccc(CS(=O)c2ccc(Cl)cc2)o1)N1CCN(c2ccccn2)CC1. The molecular formula is C21H20ClN3O3S. The van der Waals surface area contributed by atoms with Crippen LogP contribution in [0.2, 0.25) is 5.02 Å². The fraction of sp³-hybridized carbons (Fsp3) is 0.238. The maximum Gasteiger partial charge on any atom is 0.289 e. The summed E-state index contributed by atoms with van der Waals surface area (Å²) < 4.78 is 18.2. The molecule has 0 saturated carbocycles. The van der Waals surface area contributed by atoms with Crippen LogP contribution in [0.4, 0.5) is 5.82 Å². The van der Waals surface area contributed by atoms with E-state index in [0.717, 1.165) is 18.9 Å². The van der Waals surface area contributed by atoms with Gasteiger partial charge in [-0.05, 0) is 48.5 Å². The van der Waals surface area contributed by atoms with Gasteiger partial charge < -0.3 is 14.2 Å². The number of pyridine rings is 1. The van der Waals surface area contributed by atoms with Crippen LogP contribution >= 0.6 is 11.6 Å². The Bertz CT molecular complexity index is 1000. The highest BCUT2D eigenvalue weighted by Crippen LogP contribution is 2.19. The maximum absolute atomic E-state index is 12.8. The molecule has 1 atom stereocenters. The fourth-order valence-electron chi connectivity index (χ4n) is 3.20. The number of nitrogens with zero attached hydrogens (tertiary/aromatic N) is 3. The molecule has 0 bridgehead atoms. The lowest BCUT2D eigenvalue weighted by Gasteiger charge is -2.34. The number of halogens is 1. The van der Waals surface area contributed by atoms with E-state index in [1.54, 1.807) is 47.5 Å². The van der Waals surface area contributed by atoms with E-state index in [4.69, 9.17) is 16.0 Å². The van der Waals surface area contributed by atoms with Gasteiger partial charge >= 0.3 is 0 Å². The molecule has 3 aromatic rings. The predicted octanol–water partition coefficient (Wildman–Crippen LogP) is 3.60. The van der Waals surface area contributed by atoms with Gasteiger partial charge in [0.2, 0.25) is 0 Å². The Morgan fingerprint density at radius 2 is 1.79 bits per heavy atom. The van der Waals surface area contributed by atoms with E-state index in [1.807, 2.05) is 18.2 Å². The van der Waals surface area contributed by atoms with E-state index < -0.39 is 10.8 Å². The zero-order chi connectivity index (χ0) is 20.2. The van der Waals surface area contributed by atoms with Crippen molar-refractivity contribution in [3.8, 4) is 0 Å². The molecule has 0 spiro atoms. The third-order valence-electron chi connectivity index (χ3n) is 4.76. The highest BCUT2D eigenvalue weighted by Gasteiger charge is 2.25. The first-order chi connectivity index (χ1) is 14.1. The molecule has 8 heteroatoms. The number of carbonyl (C=O) groups excluding carboxylic acids is 1.